The van der Waals surface area contributed by atoms with Crippen LogP contribution in [0.1, 0.15) is 139 Å². The Balaban J connectivity index is 1.71. The van der Waals surface area contributed by atoms with Gasteiger partial charge in [-0.15, -0.1) is 0 Å². The first-order valence-electron chi connectivity index (χ1n) is 22.7. The van der Waals surface area contributed by atoms with Crippen LogP contribution in [0.5, 0.6) is 0 Å². The van der Waals surface area contributed by atoms with Gasteiger partial charge in [0.15, 0.2) is 0 Å². The number of ketones is 2. The third-order valence-corrected chi connectivity index (χ3v) is 13.6. The van der Waals surface area contributed by atoms with E-state index in [1.807, 2.05) is 27.7 Å². The van der Waals surface area contributed by atoms with Crippen molar-refractivity contribution in [2.75, 3.05) is 27.4 Å². The van der Waals surface area contributed by atoms with Gasteiger partial charge in [-0.3, -0.25) is 14.4 Å². The molecule has 2 saturated heterocycles. The third kappa shape index (κ3) is 12.8. The average molecular weight is 831 g/mol. The maximum atomic E-state index is 14.4. The van der Waals surface area contributed by atoms with E-state index in [4.69, 9.17) is 29.4 Å². The second-order valence-corrected chi connectivity index (χ2v) is 19.0. The molecule has 12 heteroatoms. The highest BCUT2D eigenvalue weighted by Crippen LogP contribution is 2.39. The van der Waals surface area contributed by atoms with Gasteiger partial charge in [-0.1, -0.05) is 59.3 Å². The Labute approximate surface area is 354 Å². The quantitative estimate of drug-likeness (QED) is 0.141. The Kier molecular flexibility index (Phi) is 18.8. The smallest absolute Gasteiger partial charge is 0.329 e. The van der Waals surface area contributed by atoms with Crippen LogP contribution in [0.3, 0.4) is 0 Å². The Bertz CT molecular complexity index is 1480. The van der Waals surface area contributed by atoms with Gasteiger partial charge < -0.3 is 39.4 Å². The highest BCUT2D eigenvalue weighted by atomic mass is 16.7. The van der Waals surface area contributed by atoms with E-state index in [2.05, 4.69) is 32.9 Å². The van der Waals surface area contributed by atoms with E-state index >= 15 is 0 Å². The molecule has 3 heterocycles. The summed E-state index contributed by atoms with van der Waals surface area (Å²) in [6.45, 7) is 17.0. The van der Waals surface area contributed by atoms with Crippen molar-refractivity contribution in [3.8, 4) is 0 Å². The monoisotopic (exact) mass is 831 g/mol. The highest BCUT2D eigenvalue weighted by molar-refractivity contribution is 6.39. The molecular weight excluding hydrogens is 753 g/mol. The first-order valence-corrected chi connectivity index (χ1v) is 22.7. The first-order chi connectivity index (χ1) is 27.9. The number of allylic oxidation sites excluding steroid dienone is 3. The number of piperidine rings is 1. The Hall–Kier alpha value is -2.48. The summed E-state index contributed by atoms with van der Waals surface area (Å²) >= 11 is 0. The van der Waals surface area contributed by atoms with Gasteiger partial charge >= 0.3 is 5.97 Å². The number of hydrogen-bond donors (Lipinski definition) is 2. The van der Waals surface area contributed by atoms with Crippen LogP contribution in [-0.2, 0) is 42.9 Å². The maximum absolute atomic E-state index is 14.4. The van der Waals surface area contributed by atoms with Crippen molar-refractivity contribution in [1.29, 1.82) is 0 Å². The lowest BCUT2D eigenvalue weighted by molar-refractivity contribution is -0.302. The van der Waals surface area contributed by atoms with Gasteiger partial charge in [0.05, 0.1) is 18.3 Å². The molecule has 0 aromatic rings. The molecule has 1 aliphatic carbocycles. The first kappa shape index (κ1) is 49.2. The number of carbonyl (C=O) groups is 4. The zero-order valence-electron chi connectivity index (χ0n) is 37.9. The van der Waals surface area contributed by atoms with Crippen molar-refractivity contribution < 1.29 is 48.0 Å². The van der Waals surface area contributed by atoms with Crippen LogP contribution in [0.4, 0.5) is 0 Å². The Morgan fingerprint density at radius 3 is 2.36 bits per heavy atom. The number of carbonyl (C=O) groups excluding carboxylic acids is 4. The van der Waals surface area contributed by atoms with E-state index in [1.54, 1.807) is 21.1 Å². The predicted octanol–water partition coefficient (Wildman–Crippen LogP) is 6.88. The van der Waals surface area contributed by atoms with E-state index < -0.39 is 59.8 Å². The van der Waals surface area contributed by atoms with Crippen LogP contribution >= 0.6 is 0 Å². The Morgan fingerprint density at radius 1 is 1.00 bits per heavy atom. The van der Waals surface area contributed by atoms with Gasteiger partial charge in [0.1, 0.15) is 24.0 Å². The zero-order valence-corrected chi connectivity index (χ0v) is 37.9. The molecule has 3 N–H and O–H groups in total. The largest absolute Gasteiger partial charge is 0.456 e. The number of fused-ring (bicyclic) bond motifs is 3. The fourth-order valence-corrected chi connectivity index (χ4v) is 9.83. The normalized spacial score (nSPS) is 38.0. The van der Waals surface area contributed by atoms with Crippen LogP contribution in [0.15, 0.2) is 23.3 Å². The summed E-state index contributed by atoms with van der Waals surface area (Å²) in [5.74, 6) is -5.45. The second kappa shape index (κ2) is 22.6. The molecule has 3 aliphatic heterocycles. The van der Waals surface area contributed by atoms with Gasteiger partial charge in [0, 0.05) is 51.7 Å². The predicted molar refractivity (Wildman–Crippen MR) is 227 cm³/mol. The summed E-state index contributed by atoms with van der Waals surface area (Å²) in [5.41, 5.74) is 8.49. The van der Waals surface area contributed by atoms with E-state index in [0.717, 1.165) is 36.8 Å². The maximum Gasteiger partial charge on any atom is 0.329 e. The van der Waals surface area contributed by atoms with Crippen LogP contribution < -0.4 is 5.73 Å². The van der Waals surface area contributed by atoms with Crippen LogP contribution in [-0.4, -0.2) is 109 Å². The van der Waals surface area contributed by atoms with E-state index in [0.29, 0.717) is 63.9 Å². The molecule has 0 aromatic carbocycles. The summed E-state index contributed by atoms with van der Waals surface area (Å²) in [7, 11) is 3.12. The number of hydrogen-bond acceptors (Lipinski definition) is 11. The van der Waals surface area contributed by atoms with Crippen molar-refractivity contribution in [3.63, 3.8) is 0 Å². The van der Waals surface area contributed by atoms with Crippen LogP contribution in [0.2, 0.25) is 0 Å². The molecule has 0 radical (unpaired) electrons. The van der Waals surface area contributed by atoms with Crippen molar-refractivity contribution in [3.05, 3.63) is 23.3 Å². The van der Waals surface area contributed by atoms with Gasteiger partial charge in [-0.05, 0) is 120 Å². The van der Waals surface area contributed by atoms with Gasteiger partial charge in [0.25, 0.3) is 11.7 Å². The molecule has 0 aromatic heterocycles. The lowest BCUT2D eigenvalue weighted by Crippen LogP contribution is -2.64. The second-order valence-electron chi connectivity index (χ2n) is 19.0. The molecule has 336 valence electrons. The molecule has 4 rings (SSSR count). The van der Waals surface area contributed by atoms with Gasteiger partial charge in [-0.2, -0.15) is 0 Å². The van der Waals surface area contributed by atoms with E-state index in [9.17, 15) is 24.3 Å². The number of nitrogens with zero attached hydrogens (tertiary/aromatic N) is 1. The fraction of sp³-hybridized carbons (Fsp3) is 0.830. The van der Waals surface area contributed by atoms with Crippen LogP contribution in [0.25, 0.3) is 0 Å². The third-order valence-electron chi connectivity index (χ3n) is 13.6. The standard InChI is InChI=1S/C47H78N2O10/c1-11-35-23-29(4)22-30(5)24-40(55-9)43-41(56-10)26-33(8)47(54,59-43)44(51)45(52)49-20-13-12-14-37(49)46(53)58-42(31(6)15-18-38(35)50)32(7)25-34-16-17-36(48)39(27-34)57-21-19-28(2)3/h23,25,28,30-31,33-37,39-43,54H,11-22,24,26-27,48H2,1-10H3. The van der Waals surface area contributed by atoms with Crippen molar-refractivity contribution in [2.24, 2.45) is 41.2 Å². The van der Waals surface area contributed by atoms with Crippen molar-refractivity contribution in [1.82, 2.24) is 4.90 Å². The summed E-state index contributed by atoms with van der Waals surface area (Å²) in [6.07, 6.45) is 9.58. The number of amides is 1. The SMILES string of the molecule is CCC1C=C(C)CC(C)CC(OC)C2OC(O)(C(=O)C(=O)N3CCCCC3C(=O)OC(C(C)=CC3CCC(N)C(OCCC(C)C)C3)C(C)CCC1=O)C(C)CC2OC. The molecule has 13 unspecified atom stereocenters. The number of ether oxygens (including phenoxy) is 5. The minimum atomic E-state index is -2.46. The number of rotatable bonds is 9. The minimum Gasteiger partial charge on any atom is -0.456 e. The Morgan fingerprint density at radius 2 is 1.69 bits per heavy atom. The van der Waals surface area contributed by atoms with Gasteiger partial charge in [0.2, 0.25) is 5.79 Å². The molecule has 2 bridgehead atoms. The lowest BCUT2D eigenvalue weighted by atomic mass is 9.81. The van der Waals surface area contributed by atoms with Gasteiger partial charge in [-0.25, -0.2) is 4.79 Å². The van der Waals surface area contributed by atoms with Crippen molar-refractivity contribution >= 4 is 23.4 Å². The molecule has 4 aliphatic rings. The van der Waals surface area contributed by atoms with Crippen molar-refractivity contribution in [2.45, 2.75) is 187 Å². The number of esters is 1. The summed E-state index contributed by atoms with van der Waals surface area (Å²) in [4.78, 5) is 58.1. The number of Topliss-reactive ketones (excluding diaryl/α,β-unsaturated/α-hetero) is 2. The molecule has 12 nitrogen and oxygen atoms in total. The number of cyclic esters (lactones) is 1. The summed E-state index contributed by atoms with van der Waals surface area (Å²) in [6, 6.07) is -1.07. The molecular formula is C47H78N2O10. The number of nitrogens with two attached hydrogens (primary N) is 1. The summed E-state index contributed by atoms with van der Waals surface area (Å²) in [5, 5.41) is 12.1. The average Bonchev–Trinajstić information content (AvgIpc) is 3.20. The molecule has 0 spiro atoms. The highest BCUT2D eigenvalue weighted by Gasteiger charge is 2.56. The molecule has 59 heavy (non-hydrogen) atoms. The molecule has 13 atom stereocenters. The van der Waals surface area contributed by atoms with Crippen LogP contribution in [0, 0.1) is 35.5 Å². The summed E-state index contributed by atoms with van der Waals surface area (Å²) < 4.78 is 30.8. The molecule has 1 amide bonds. The fourth-order valence-electron chi connectivity index (χ4n) is 9.83. The van der Waals surface area contributed by atoms with E-state index in [-0.39, 0.29) is 54.6 Å². The molecule has 1 saturated carbocycles. The van der Waals surface area contributed by atoms with E-state index in [1.165, 1.54) is 4.90 Å². The topological polar surface area (TPSA) is 164 Å². The lowest BCUT2D eigenvalue weighted by Gasteiger charge is -2.47. The zero-order chi connectivity index (χ0) is 43.6. The minimum absolute atomic E-state index is 0.0391. The molecule has 3 fully saturated rings. The number of aliphatic hydroxyl groups is 1. The number of methoxy groups -OCH3 is 2.